The van der Waals surface area contributed by atoms with Gasteiger partial charge in [0.1, 0.15) is 5.75 Å². The first-order chi connectivity index (χ1) is 14.1. The molecule has 146 valence electrons. The number of thiazole rings is 1. The Morgan fingerprint density at radius 2 is 2.24 bits per heavy atom. The highest BCUT2D eigenvalue weighted by molar-refractivity contribution is 7.10. The lowest BCUT2D eigenvalue weighted by Crippen LogP contribution is -2.19. The molecule has 0 unspecified atom stereocenters. The van der Waals surface area contributed by atoms with Crippen LogP contribution in [0.25, 0.3) is 23.0 Å². The van der Waals surface area contributed by atoms with E-state index < -0.39 is 0 Å². The monoisotopic (exact) mass is 407 g/mol. The Hall–Kier alpha value is -3.46. The van der Waals surface area contributed by atoms with Crippen LogP contribution in [0.1, 0.15) is 17.7 Å². The van der Waals surface area contributed by atoms with Crippen molar-refractivity contribution in [2.45, 2.75) is 18.9 Å². The normalized spacial score (nSPS) is 15.3. The quantitative estimate of drug-likeness (QED) is 0.533. The summed E-state index contributed by atoms with van der Waals surface area (Å²) < 4.78 is 7.03. The molecule has 0 atom stereocenters. The maximum absolute atomic E-state index is 11.5. The summed E-state index contributed by atoms with van der Waals surface area (Å²) in [6.07, 6.45) is 5.50. The van der Waals surface area contributed by atoms with Crippen LogP contribution in [-0.4, -0.2) is 37.8 Å². The summed E-state index contributed by atoms with van der Waals surface area (Å²) in [5, 5.41) is 15.0. The SMILES string of the molecule is COc1cccc(-c2cc(=NC3CC3)n3ncc(=Cc4sc(=O)[nH]c4O)c3n2)c1. The fourth-order valence-corrected chi connectivity index (χ4v) is 3.73. The molecule has 0 bridgehead atoms. The van der Waals surface area contributed by atoms with Crippen LogP contribution in [0.2, 0.25) is 0 Å². The van der Waals surface area contributed by atoms with E-state index in [-0.39, 0.29) is 10.8 Å². The van der Waals surface area contributed by atoms with Crippen molar-refractivity contribution < 1.29 is 9.84 Å². The number of rotatable bonds is 4. The number of nitrogens with one attached hydrogen (secondary N) is 1. The van der Waals surface area contributed by atoms with Crippen LogP contribution >= 0.6 is 11.3 Å². The minimum atomic E-state index is -0.320. The zero-order chi connectivity index (χ0) is 20.0. The fourth-order valence-electron chi connectivity index (χ4n) is 3.05. The molecular weight excluding hydrogens is 390 g/mol. The summed E-state index contributed by atoms with van der Waals surface area (Å²) >= 11 is 0.930. The second kappa shape index (κ2) is 6.85. The van der Waals surface area contributed by atoms with Crippen molar-refractivity contribution >= 4 is 23.1 Å². The molecule has 3 heterocycles. The average molecular weight is 407 g/mol. The molecule has 0 radical (unpaired) electrons. The Morgan fingerprint density at radius 3 is 2.97 bits per heavy atom. The Bertz CT molecular complexity index is 1400. The molecule has 0 saturated heterocycles. The van der Waals surface area contributed by atoms with Gasteiger partial charge in [0.2, 0.25) is 5.88 Å². The zero-order valence-electron chi connectivity index (χ0n) is 15.5. The molecule has 1 aromatic carbocycles. The van der Waals surface area contributed by atoms with E-state index in [0.29, 0.717) is 21.8 Å². The van der Waals surface area contributed by atoms with E-state index in [4.69, 9.17) is 14.7 Å². The summed E-state index contributed by atoms with van der Waals surface area (Å²) in [6.45, 7) is 0. The molecule has 1 fully saturated rings. The number of fused-ring (bicyclic) bond motifs is 1. The maximum Gasteiger partial charge on any atom is 0.307 e. The molecule has 1 aliphatic carbocycles. The maximum atomic E-state index is 11.5. The minimum absolute atomic E-state index is 0.161. The molecule has 0 aliphatic heterocycles. The number of aromatic amines is 1. The van der Waals surface area contributed by atoms with E-state index >= 15 is 0 Å². The number of aromatic nitrogens is 4. The smallest absolute Gasteiger partial charge is 0.307 e. The molecule has 1 aliphatic rings. The van der Waals surface area contributed by atoms with Crippen molar-refractivity contribution in [3.63, 3.8) is 0 Å². The molecule has 9 heteroatoms. The first-order valence-corrected chi connectivity index (χ1v) is 9.93. The fraction of sp³-hybridized carbons (Fsp3) is 0.200. The van der Waals surface area contributed by atoms with Crippen LogP contribution in [0.3, 0.4) is 0 Å². The van der Waals surface area contributed by atoms with Gasteiger partial charge in [0.25, 0.3) is 0 Å². The van der Waals surface area contributed by atoms with Gasteiger partial charge >= 0.3 is 4.87 Å². The first-order valence-electron chi connectivity index (χ1n) is 9.11. The molecular formula is C20H17N5O3S. The van der Waals surface area contributed by atoms with Gasteiger partial charge in [0.15, 0.2) is 11.1 Å². The molecule has 0 spiro atoms. The van der Waals surface area contributed by atoms with Crippen molar-refractivity contribution in [3.05, 3.63) is 61.8 Å². The number of ether oxygens (including phenoxy) is 1. The van der Waals surface area contributed by atoms with Gasteiger partial charge in [0.05, 0.1) is 29.9 Å². The third-order valence-corrected chi connectivity index (χ3v) is 5.47. The van der Waals surface area contributed by atoms with Crippen LogP contribution in [0.15, 0.2) is 46.3 Å². The van der Waals surface area contributed by atoms with Gasteiger partial charge in [-0.1, -0.05) is 23.5 Å². The lowest BCUT2D eigenvalue weighted by atomic mass is 10.1. The predicted molar refractivity (Wildman–Crippen MR) is 109 cm³/mol. The van der Waals surface area contributed by atoms with Crippen LogP contribution in [0.4, 0.5) is 0 Å². The standard InChI is InChI=1S/C20H17N5O3S/c1-28-14-4-2-3-11(7-14)15-9-17(22-13-5-6-13)25-18(23-15)12(10-21-25)8-16-19(26)24-20(27)29-16/h2-4,7-10,13,26H,5-6H2,1H3,(H,24,27). The zero-order valence-corrected chi connectivity index (χ0v) is 16.3. The van der Waals surface area contributed by atoms with Crippen LogP contribution < -0.4 is 20.3 Å². The molecule has 29 heavy (non-hydrogen) atoms. The highest BCUT2D eigenvalue weighted by atomic mass is 32.1. The van der Waals surface area contributed by atoms with Crippen molar-refractivity contribution in [2.75, 3.05) is 7.11 Å². The van der Waals surface area contributed by atoms with Gasteiger partial charge in [-0.05, 0) is 31.1 Å². The topological polar surface area (TPSA) is 105 Å². The summed E-state index contributed by atoms with van der Waals surface area (Å²) in [4.78, 5) is 23.6. The first kappa shape index (κ1) is 17.6. The molecule has 3 aromatic heterocycles. The van der Waals surface area contributed by atoms with E-state index in [2.05, 4.69) is 10.1 Å². The van der Waals surface area contributed by atoms with E-state index in [0.717, 1.165) is 46.7 Å². The number of hydrogen-bond donors (Lipinski definition) is 2. The summed E-state index contributed by atoms with van der Waals surface area (Å²) in [5.74, 6) is 0.582. The highest BCUT2D eigenvalue weighted by Gasteiger charge is 2.20. The van der Waals surface area contributed by atoms with Crippen LogP contribution in [-0.2, 0) is 0 Å². The number of hydrogen-bond acceptors (Lipinski definition) is 7. The van der Waals surface area contributed by atoms with Gasteiger partial charge in [0, 0.05) is 16.8 Å². The Labute approximate surface area is 168 Å². The van der Waals surface area contributed by atoms with Crippen LogP contribution in [0.5, 0.6) is 11.6 Å². The van der Waals surface area contributed by atoms with E-state index in [1.165, 1.54) is 0 Å². The summed E-state index contributed by atoms with van der Waals surface area (Å²) in [5.41, 5.74) is 2.98. The molecule has 0 amide bonds. The third-order valence-electron chi connectivity index (χ3n) is 4.65. The predicted octanol–water partition coefficient (Wildman–Crippen LogP) is 1.47. The second-order valence-corrected chi connectivity index (χ2v) is 7.81. The number of benzene rings is 1. The van der Waals surface area contributed by atoms with Gasteiger partial charge in [-0.2, -0.15) is 9.61 Å². The van der Waals surface area contributed by atoms with Crippen molar-refractivity contribution in [1.29, 1.82) is 0 Å². The van der Waals surface area contributed by atoms with Gasteiger partial charge in [-0.15, -0.1) is 0 Å². The van der Waals surface area contributed by atoms with E-state index in [1.807, 2.05) is 30.3 Å². The van der Waals surface area contributed by atoms with E-state index in [1.54, 1.807) is 23.9 Å². The van der Waals surface area contributed by atoms with Crippen molar-refractivity contribution in [2.24, 2.45) is 4.99 Å². The molecule has 2 N–H and O–H groups in total. The summed E-state index contributed by atoms with van der Waals surface area (Å²) in [6, 6.07) is 9.91. The Morgan fingerprint density at radius 1 is 1.38 bits per heavy atom. The number of aromatic hydroxyl groups is 1. The van der Waals surface area contributed by atoms with Crippen molar-refractivity contribution in [3.8, 4) is 22.9 Å². The van der Waals surface area contributed by atoms with E-state index in [9.17, 15) is 9.90 Å². The molecule has 8 nitrogen and oxygen atoms in total. The second-order valence-electron chi connectivity index (χ2n) is 6.80. The van der Waals surface area contributed by atoms with Crippen molar-refractivity contribution in [1.82, 2.24) is 19.6 Å². The lowest BCUT2D eigenvalue weighted by molar-refractivity contribution is 0.415. The molecule has 5 rings (SSSR count). The van der Waals surface area contributed by atoms with Gasteiger partial charge < -0.3 is 9.84 Å². The largest absolute Gasteiger partial charge is 0.497 e. The van der Waals surface area contributed by atoms with Crippen LogP contribution in [0, 0.1) is 0 Å². The highest BCUT2D eigenvalue weighted by Crippen LogP contribution is 2.24. The average Bonchev–Trinajstić information content (AvgIpc) is 3.36. The molecule has 4 aromatic rings. The number of H-pyrrole nitrogens is 1. The Kier molecular flexibility index (Phi) is 4.17. The van der Waals surface area contributed by atoms with Gasteiger partial charge in [-0.3, -0.25) is 14.8 Å². The lowest BCUT2D eigenvalue weighted by Gasteiger charge is -2.05. The van der Waals surface area contributed by atoms with Gasteiger partial charge in [-0.25, -0.2) is 4.98 Å². The number of methoxy groups -OCH3 is 1. The number of nitrogens with zero attached hydrogens (tertiary/aromatic N) is 4. The minimum Gasteiger partial charge on any atom is -0.497 e. The summed E-state index contributed by atoms with van der Waals surface area (Å²) in [7, 11) is 1.63. The third kappa shape index (κ3) is 3.40. The Balaban J connectivity index is 1.77. The molecule has 1 saturated carbocycles.